The Morgan fingerprint density at radius 2 is 1.76 bits per heavy atom. The largest absolute Gasteiger partial charge is 0.442 e. The number of benzene rings is 1. The highest BCUT2D eigenvalue weighted by molar-refractivity contribution is 6.09. The summed E-state index contributed by atoms with van der Waals surface area (Å²) in [6.45, 7) is 5.83. The molecule has 1 aromatic rings. The lowest BCUT2D eigenvalue weighted by atomic mass is 10.0. The molecule has 0 aromatic heterocycles. The minimum Gasteiger partial charge on any atom is -0.316 e. The minimum atomic E-state index is -5.05. The Morgan fingerprint density at radius 1 is 1.20 bits per heavy atom. The zero-order valence-electron chi connectivity index (χ0n) is 14.4. The van der Waals surface area contributed by atoms with E-state index in [0.29, 0.717) is 5.56 Å². The minimum absolute atomic E-state index is 0.0947. The van der Waals surface area contributed by atoms with Gasteiger partial charge >= 0.3 is 11.8 Å². The third kappa shape index (κ3) is 3.25. The van der Waals surface area contributed by atoms with Crippen LogP contribution >= 0.6 is 0 Å². The average molecular weight is 355 g/mol. The van der Waals surface area contributed by atoms with Gasteiger partial charge in [0.15, 0.2) is 0 Å². The van der Waals surface area contributed by atoms with E-state index >= 15 is 0 Å². The maximum atomic E-state index is 13.7. The first kappa shape index (κ1) is 19.0. The fraction of sp³-hybridized carbons (Fsp3) is 0.471. The molecule has 0 saturated heterocycles. The van der Waals surface area contributed by atoms with Gasteiger partial charge in [-0.15, -0.1) is 0 Å². The number of alkyl halides is 3. The Balaban J connectivity index is 2.45. The SMILES string of the molecule is CC1=NC(NC(=O)C(C)C)(C(F)(F)F)C(=O)N1C(C)c1ccccc1. The third-order valence-corrected chi connectivity index (χ3v) is 4.11. The maximum absolute atomic E-state index is 13.7. The van der Waals surface area contributed by atoms with E-state index in [1.807, 2.05) is 0 Å². The van der Waals surface area contributed by atoms with Crippen molar-refractivity contribution in [3.63, 3.8) is 0 Å². The van der Waals surface area contributed by atoms with Gasteiger partial charge in [0.2, 0.25) is 5.91 Å². The van der Waals surface area contributed by atoms with Crippen LogP contribution in [0.3, 0.4) is 0 Å². The standard InChI is InChI=1S/C17H20F3N3O2/c1-10(2)14(24)22-16(17(18,19)20)15(25)23(12(4)21-16)11(3)13-8-6-5-7-9-13/h5-11H,1-4H3,(H,22,24). The molecule has 136 valence electrons. The molecule has 2 unspecified atom stereocenters. The van der Waals surface area contributed by atoms with Gasteiger partial charge in [-0.05, 0) is 19.4 Å². The van der Waals surface area contributed by atoms with Crippen LogP contribution in [-0.2, 0) is 9.59 Å². The second kappa shape index (κ2) is 6.50. The zero-order chi connectivity index (χ0) is 19.0. The molecule has 0 aliphatic carbocycles. The van der Waals surface area contributed by atoms with Crippen LogP contribution in [0.1, 0.15) is 39.3 Å². The van der Waals surface area contributed by atoms with E-state index in [2.05, 4.69) is 4.99 Å². The first-order chi connectivity index (χ1) is 11.5. The summed E-state index contributed by atoms with van der Waals surface area (Å²) in [5, 5.41) is 1.81. The highest BCUT2D eigenvalue weighted by Gasteiger charge is 2.67. The molecule has 1 heterocycles. The summed E-state index contributed by atoms with van der Waals surface area (Å²) >= 11 is 0. The Hall–Kier alpha value is -2.38. The van der Waals surface area contributed by atoms with Gasteiger partial charge in [0, 0.05) is 5.92 Å². The van der Waals surface area contributed by atoms with Crippen molar-refractivity contribution >= 4 is 17.6 Å². The van der Waals surface area contributed by atoms with Crippen molar-refractivity contribution in [2.24, 2.45) is 10.9 Å². The number of hydrogen-bond acceptors (Lipinski definition) is 3. The van der Waals surface area contributed by atoms with Gasteiger partial charge in [0.05, 0.1) is 6.04 Å². The van der Waals surface area contributed by atoms with Crippen LogP contribution in [0.25, 0.3) is 0 Å². The molecule has 0 bridgehead atoms. The van der Waals surface area contributed by atoms with Gasteiger partial charge in [-0.2, -0.15) is 13.2 Å². The summed E-state index contributed by atoms with van der Waals surface area (Å²) in [6, 6.07) is 8.01. The van der Waals surface area contributed by atoms with E-state index in [4.69, 9.17) is 0 Å². The molecule has 1 aliphatic rings. The van der Waals surface area contributed by atoms with Crippen molar-refractivity contribution in [2.75, 3.05) is 0 Å². The summed E-state index contributed by atoms with van der Waals surface area (Å²) in [6.07, 6.45) is -5.05. The predicted molar refractivity (Wildman–Crippen MR) is 86.6 cm³/mol. The van der Waals surface area contributed by atoms with Crippen LogP contribution in [-0.4, -0.2) is 34.4 Å². The monoisotopic (exact) mass is 355 g/mol. The molecule has 1 aliphatic heterocycles. The number of nitrogens with zero attached hydrogens (tertiary/aromatic N) is 2. The Morgan fingerprint density at radius 3 is 2.24 bits per heavy atom. The molecule has 25 heavy (non-hydrogen) atoms. The van der Waals surface area contributed by atoms with E-state index in [0.717, 1.165) is 4.90 Å². The second-order valence-electron chi connectivity index (χ2n) is 6.27. The zero-order valence-corrected chi connectivity index (χ0v) is 14.4. The summed E-state index contributed by atoms with van der Waals surface area (Å²) in [4.78, 5) is 29.2. The fourth-order valence-corrected chi connectivity index (χ4v) is 2.66. The molecule has 5 nitrogen and oxygen atoms in total. The lowest BCUT2D eigenvalue weighted by Crippen LogP contribution is -2.64. The molecule has 2 rings (SSSR count). The number of aliphatic imine (C=N–C) groups is 1. The topological polar surface area (TPSA) is 61.8 Å². The second-order valence-corrected chi connectivity index (χ2v) is 6.27. The summed E-state index contributed by atoms with van der Waals surface area (Å²) in [7, 11) is 0. The lowest BCUT2D eigenvalue weighted by Gasteiger charge is -2.32. The summed E-state index contributed by atoms with van der Waals surface area (Å²) in [5.74, 6) is -3.01. The number of nitrogens with one attached hydrogen (secondary N) is 1. The highest BCUT2D eigenvalue weighted by Crippen LogP contribution is 2.40. The third-order valence-electron chi connectivity index (χ3n) is 4.11. The molecular weight excluding hydrogens is 335 g/mol. The summed E-state index contributed by atoms with van der Waals surface area (Å²) in [5.41, 5.74) is -2.61. The van der Waals surface area contributed by atoms with E-state index in [1.54, 1.807) is 42.6 Å². The molecule has 0 fully saturated rings. The fourth-order valence-electron chi connectivity index (χ4n) is 2.66. The molecular formula is C17H20F3N3O2. The van der Waals surface area contributed by atoms with Gasteiger partial charge < -0.3 is 5.32 Å². The summed E-state index contributed by atoms with van der Waals surface area (Å²) < 4.78 is 41.2. The van der Waals surface area contributed by atoms with Crippen LogP contribution in [0.4, 0.5) is 13.2 Å². The Labute approximate surface area is 143 Å². The van der Waals surface area contributed by atoms with Crippen molar-refractivity contribution in [1.29, 1.82) is 0 Å². The number of rotatable bonds is 4. The number of carbonyl (C=O) groups is 2. The molecule has 0 radical (unpaired) electrons. The molecule has 2 amide bonds. The first-order valence-corrected chi connectivity index (χ1v) is 7.85. The van der Waals surface area contributed by atoms with Crippen LogP contribution in [0.5, 0.6) is 0 Å². The normalized spacial score (nSPS) is 22.2. The van der Waals surface area contributed by atoms with Crippen molar-refractivity contribution in [1.82, 2.24) is 10.2 Å². The number of halogens is 3. The van der Waals surface area contributed by atoms with Crippen LogP contribution < -0.4 is 5.32 Å². The lowest BCUT2D eigenvalue weighted by molar-refractivity contribution is -0.201. The number of amidine groups is 1. The number of amides is 2. The van der Waals surface area contributed by atoms with Crippen LogP contribution in [0.2, 0.25) is 0 Å². The van der Waals surface area contributed by atoms with Gasteiger partial charge in [0.25, 0.3) is 5.91 Å². The van der Waals surface area contributed by atoms with Crippen LogP contribution in [0, 0.1) is 5.92 Å². The van der Waals surface area contributed by atoms with Crippen molar-refractivity contribution in [3.05, 3.63) is 35.9 Å². The van der Waals surface area contributed by atoms with Gasteiger partial charge in [-0.1, -0.05) is 44.2 Å². The van der Waals surface area contributed by atoms with E-state index in [-0.39, 0.29) is 5.84 Å². The van der Waals surface area contributed by atoms with Crippen LogP contribution in [0.15, 0.2) is 35.3 Å². The average Bonchev–Trinajstić information content (AvgIpc) is 2.78. The molecule has 8 heteroatoms. The van der Waals surface area contributed by atoms with Gasteiger partial charge in [0.1, 0.15) is 5.84 Å². The van der Waals surface area contributed by atoms with Gasteiger partial charge in [-0.25, -0.2) is 4.99 Å². The number of hydrogen-bond donors (Lipinski definition) is 1. The predicted octanol–water partition coefficient (Wildman–Crippen LogP) is 3.04. The first-order valence-electron chi connectivity index (χ1n) is 7.85. The molecule has 0 saturated carbocycles. The van der Waals surface area contributed by atoms with Gasteiger partial charge in [-0.3, -0.25) is 14.5 Å². The Kier molecular flexibility index (Phi) is 4.92. The van der Waals surface area contributed by atoms with E-state index in [9.17, 15) is 22.8 Å². The van der Waals surface area contributed by atoms with E-state index in [1.165, 1.54) is 20.8 Å². The number of carbonyl (C=O) groups excluding carboxylic acids is 2. The quantitative estimate of drug-likeness (QED) is 0.902. The Bertz CT molecular complexity index is 701. The highest BCUT2D eigenvalue weighted by atomic mass is 19.4. The smallest absolute Gasteiger partial charge is 0.316 e. The molecule has 2 atom stereocenters. The molecule has 1 aromatic carbocycles. The van der Waals surface area contributed by atoms with Crippen molar-refractivity contribution < 1.29 is 22.8 Å². The van der Waals surface area contributed by atoms with Crippen molar-refractivity contribution in [2.45, 2.75) is 45.6 Å². The maximum Gasteiger partial charge on any atom is 0.442 e. The van der Waals surface area contributed by atoms with E-state index < -0.39 is 35.6 Å². The molecule has 0 spiro atoms. The van der Waals surface area contributed by atoms with Crippen molar-refractivity contribution in [3.8, 4) is 0 Å². The molecule has 1 N–H and O–H groups in total.